The van der Waals surface area contributed by atoms with Crippen molar-refractivity contribution in [2.45, 2.75) is 25.3 Å². The van der Waals surface area contributed by atoms with Gasteiger partial charge in [0, 0.05) is 13.6 Å². The molecule has 5 nitrogen and oxygen atoms in total. The van der Waals surface area contributed by atoms with Gasteiger partial charge in [0.25, 0.3) is 0 Å². The molecule has 0 fully saturated rings. The predicted octanol–water partition coefficient (Wildman–Crippen LogP) is 3.14. The van der Waals surface area contributed by atoms with Crippen LogP contribution in [0.4, 0.5) is 0 Å². The van der Waals surface area contributed by atoms with Gasteiger partial charge in [-0.2, -0.15) is 4.31 Å². The van der Waals surface area contributed by atoms with E-state index >= 15 is 0 Å². The van der Waals surface area contributed by atoms with Crippen LogP contribution in [0.2, 0.25) is 0 Å². The molecule has 6 heteroatoms. The Morgan fingerprint density at radius 1 is 0.958 bits per heavy atom. The molecule has 0 amide bonds. The average molecular weight is 349 g/mol. The van der Waals surface area contributed by atoms with E-state index in [0.717, 1.165) is 16.9 Å². The Balaban J connectivity index is 2.30. The van der Waals surface area contributed by atoms with Crippen LogP contribution in [0.15, 0.2) is 41.3 Å². The second-order valence-electron chi connectivity index (χ2n) is 5.70. The molecule has 0 N–H and O–H groups in total. The maximum absolute atomic E-state index is 12.9. The second-order valence-corrected chi connectivity index (χ2v) is 7.71. The van der Waals surface area contributed by atoms with Gasteiger partial charge in [0.2, 0.25) is 10.0 Å². The summed E-state index contributed by atoms with van der Waals surface area (Å²) >= 11 is 0. The zero-order valence-electron chi connectivity index (χ0n) is 14.7. The van der Waals surface area contributed by atoms with Crippen molar-refractivity contribution in [1.82, 2.24) is 4.31 Å². The first kappa shape index (κ1) is 18.3. The van der Waals surface area contributed by atoms with Crippen LogP contribution in [0.3, 0.4) is 0 Å². The molecule has 0 atom stereocenters. The maximum Gasteiger partial charge on any atom is 0.243 e. The van der Waals surface area contributed by atoms with Gasteiger partial charge in [-0.1, -0.05) is 12.1 Å². The van der Waals surface area contributed by atoms with Crippen LogP contribution in [-0.2, 0) is 16.6 Å². The normalized spacial score (nSPS) is 11.6. The Morgan fingerprint density at radius 2 is 1.58 bits per heavy atom. The molecule has 2 rings (SSSR count). The number of methoxy groups -OCH3 is 2. The topological polar surface area (TPSA) is 55.8 Å². The largest absolute Gasteiger partial charge is 0.497 e. The number of hydrogen-bond acceptors (Lipinski definition) is 4. The van der Waals surface area contributed by atoms with Gasteiger partial charge in [0.1, 0.15) is 11.5 Å². The second kappa shape index (κ2) is 7.23. The van der Waals surface area contributed by atoms with Crippen LogP contribution in [0.5, 0.6) is 11.5 Å². The van der Waals surface area contributed by atoms with Gasteiger partial charge in [-0.25, -0.2) is 8.42 Å². The summed E-state index contributed by atoms with van der Waals surface area (Å²) in [5, 5.41) is 0. The van der Waals surface area contributed by atoms with E-state index in [-0.39, 0.29) is 6.54 Å². The van der Waals surface area contributed by atoms with Crippen molar-refractivity contribution in [3.63, 3.8) is 0 Å². The molecular formula is C18H23NO4S. The van der Waals surface area contributed by atoms with E-state index in [1.54, 1.807) is 40.3 Å². The highest BCUT2D eigenvalue weighted by molar-refractivity contribution is 7.89. The van der Waals surface area contributed by atoms with Crippen LogP contribution < -0.4 is 9.47 Å². The third-order valence-corrected chi connectivity index (χ3v) is 5.89. The first-order valence-corrected chi connectivity index (χ1v) is 8.98. The number of hydrogen-bond donors (Lipinski definition) is 0. The minimum Gasteiger partial charge on any atom is -0.497 e. The zero-order valence-corrected chi connectivity index (χ0v) is 15.5. The number of sulfonamides is 1. The number of nitrogens with zero attached hydrogens (tertiary/aromatic N) is 1. The van der Waals surface area contributed by atoms with Crippen molar-refractivity contribution in [2.75, 3.05) is 21.3 Å². The lowest BCUT2D eigenvalue weighted by Gasteiger charge is -2.20. The van der Waals surface area contributed by atoms with E-state index in [1.165, 1.54) is 4.31 Å². The minimum atomic E-state index is -3.58. The summed E-state index contributed by atoms with van der Waals surface area (Å²) in [5.41, 5.74) is 2.35. The van der Waals surface area contributed by atoms with E-state index in [9.17, 15) is 8.42 Å². The molecular weight excluding hydrogens is 326 g/mol. The van der Waals surface area contributed by atoms with Crippen molar-refractivity contribution in [3.8, 4) is 11.5 Å². The van der Waals surface area contributed by atoms with Crippen molar-refractivity contribution in [3.05, 3.63) is 53.1 Å². The van der Waals surface area contributed by atoms with Crippen molar-refractivity contribution >= 4 is 10.0 Å². The first-order valence-electron chi connectivity index (χ1n) is 7.54. The van der Waals surface area contributed by atoms with Crippen LogP contribution in [-0.4, -0.2) is 34.0 Å². The average Bonchev–Trinajstić information content (AvgIpc) is 2.57. The molecule has 0 saturated carbocycles. The van der Waals surface area contributed by atoms with E-state index < -0.39 is 10.0 Å². The van der Waals surface area contributed by atoms with Gasteiger partial charge in [0.05, 0.1) is 19.1 Å². The monoisotopic (exact) mass is 349 g/mol. The van der Waals surface area contributed by atoms with Gasteiger partial charge in [0.15, 0.2) is 0 Å². The van der Waals surface area contributed by atoms with Crippen LogP contribution in [0.25, 0.3) is 0 Å². The molecule has 24 heavy (non-hydrogen) atoms. The van der Waals surface area contributed by atoms with Gasteiger partial charge in [-0.05, 0) is 54.8 Å². The number of ether oxygens (including phenoxy) is 2. The third kappa shape index (κ3) is 3.71. The summed E-state index contributed by atoms with van der Waals surface area (Å²) in [7, 11) is 1.17. The van der Waals surface area contributed by atoms with Crippen LogP contribution in [0.1, 0.15) is 16.7 Å². The smallest absolute Gasteiger partial charge is 0.243 e. The predicted molar refractivity (Wildman–Crippen MR) is 94.1 cm³/mol. The molecule has 0 aliphatic rings. The van der Waals surface area contributed by atoms with E-state index in [0.29, 0.717) is 16.2 Å². The molecule has 2 aromatic rings. The summed E-state index contributed by atoms with van der Waals surface area (Å²) < 4.78 is 37.5. The molecule has 0 saturated heterocycles. The quantitative estimate of drug-likeness (QED) is 0.804. The molecule has 0 bridgehead atoms. The molecule has 0 aromatic heterocycles. The standard InChI is InChI=1S/C18H23NO4S/c1-13-11-18(14(2)10-17(13)23-5)24(20,21)19(3)12-15-6-8-16(22-4)9-7-15/h6-11H,12H2,1-5H3. The number of aryl methyl sites for hydroxylation is 2. The first-order chi connectivity index (χ1) is 11.3. The minimum absolute atomic E-state index is 0.289. The van der Waals surface area contributed by atoms with Crippen molar-refractivity contribution < 1.29 is 17.9 Å². The lowest BCUT2D eigenvalue weighted by molar-refractivity contribution is 0.410. The fourth-order valence-corrected chi connectivity index (χ4v) is 3.95. The molecule has 0 spiro atoms. The number of rotatable bonds is 6. The summed E-state index contributed by atoms with van der Waals surface area (Å²) in [6, 6.07) is 10.8. The van der Waals surface area contributed by atoms with Crippen molar-refractivity contribution in [2.24, 2.45) is 0 Å². The third-order valence-electron chi connectivity index (χ3n) is 3.94. The SMILES string of the molecule is COc1ccc(CN(C)S(=O)(=O)c2cc(C)c(OC)cc2C)cc1. The van der Waals surface area contributed by atoms with E-state index in [2.05, 4.69) is 0 Å². The van der Waals surface area contributed by atoms with Crippen molar-refractivity contribution in [1.29, 1.82) is 0 Å². The molecule has 0 aliphatic heterocycles. The Kier molecular flexibility index (Phi) is 5.51. The Labute approximate surface area is 143 Å². The summed E-state index contributed by atoms with van der Waals surface area (Å²) in [6.07, 6.45) is 0. The Morgan fingerprint density at radius 3 is 2.12 bits per heavy atom. The highest BCUT2D eigenvalue weighted by atomic mass is 32.2. The molecule has 2 aromatic carbocycles. The van der Waals surface area contributed by atoms with Gasteiger partial charge < -0.3 is 9.47 Å². The maximum atomic E-state index is 12.9. The molecule has 0 aliphatic carbocycles. The summed E-state index contributed by atoms with van der Waals surface area (Å²) in [6.45, 7) is 3.90. The highest BCUT2D eigenvalue weighted by Crippen LogP contribution is 2.28. The zero-order chi connectivity index (χ0) is 17.9. The van der Waals surface area contributed by atoms with Gasteiger partial charge in [-0.15, -0.1) is 0 Å². The summed E-state index contributed by atoms with van der Waals surface area (Å²) in [4.78, 5) is 0.303. The lowest BCUT2D eigenvalue weighted by atomic mass is 10.1. The van der Waals surface area contributed by atoms with Crippen LogP contribution in [0, 0.1) is 13.8 Å². The molecule has 0 radical (unpaired) electrons. The van der Waals surface area contributed by atoms with Gasteiger partial charge >= 0.3 is 0 Å². The fraction of sp³-hybridized carbons (Fsp3) is 0.333. The lowest BCUT2D eigenvalue weighted by Crippen LogP contribution is -2.27. The molecule has 130 valence electrons. The highest BCUT2D eigenvalue weighted by Gasteiger charge is 2.24. The van der Waals surface area contributed by atoms with E-state index in [1.807, 2.05) is 31.2 Å². The fourth-order valence-electron chi connectivity index (χ4n) is 2.50. The summed E-state index contributed by atoms with van der Waals surface area (Å²) in [5.74, 6) is 1.43. The van der Waals surface area contributed by atoms with E-state index in [4.69, 9.17) is 9.47 Å². The Bertz CT molecular complexity index is 814. The molecule has 0 heterocycles. The van der Waals surface area contributed by atoms with Gasteiger partial charge in [-0.3, -0.25) is 0 Å². The Hall–Kier alpha value is -2.05. The van der Waals surface area contributed by atoms with Crippen LogP contribution >= 0.6 is 0 Å². The number of benzene rings is 2. The molecule has 0 unspecified atom stereocenters.